The second kappa shape index (κ2) is 9.74. The molecule has 0 saturated heterocycles. The predicted octanol–water partition coefficient (Wildman–Crippen LogP) is 5.15. The van der Waals surface area contributed by atoms with Crippen LogP contribution < -0.4 is 10.4 Å². The van der Waals surface area contributed by atoms with Crippen LogP contribution in [0, 0.1) is 0 Å². The van der Waals surface area contributed by atoms with E-state index in [2.05, 4.69) is 54.4 Å². The predicted molar refractivity (Wildman–Crippen MR) is 126 cm³/mol. The number of aromatic carboxylic acids is 1. The van der Waals surface area contributed by atoms with E-state index in [4.69, 9.17) is 5.11 Å². The zero-order chi connectivity index (χ0) is 21.6. The molecule has 0 bridgehead atoms. The van der Waals surface area contributed by atoms with E-state index in [1.165, 1.54) is 72.7 Å². The molecule has 0 atom stereocenters. The van der Waals surface area contributed by atoms with Gasteiger partial charge < -0.3 is 5.11 Å². The summed E-state index contributed by atoms with van der Waals surface area (Å²) in [5, 5.41) is 11.5. The molecular weight excluding hydrogens is 382 g/mol. The Hall–Kier alpha value is -3.20. The summed E-state index contributed by atoms with van der Waals surface area (Å²) >= 11 is 0. The van der Waals surface area contributed by atoms with E-state index in [0.29, 0.717) is 0 Å². The van der Waals surface area contributed by atoms with Crippen molar-refractivity contribution < 1.29 is 9.90 Å². The number of carboxylic acid groups (broad SMARTS) is 1. The summed E-state index contributed by atoms with van der Waals surface area (Å²) in [7, 11) is 0. The SMILES string of the molecule is CCCCC1=c2c(ccc3c2=CCc2ccccc2-3)CCC1.O=C(O)c1ccccn1. The largest absolute Gasteiger partial charge is 0.477 e. The summed E-state index contributed by atoms with van der Waals surface area (Å²) in [4.78, 5) is 13.7. The van der Waals surface area contributed by atoms with E-state index in [-0.39, 0.29) is 5.69 Å². The van der Waals surface area contributed by atoms with Crippen LogP contribution in [0.1, 0.15) is 60.6 Å². The van der Waals surface area contributed by atoms with E-state index in [9.17, 15) is 4.79 Å². The van der Waals surface area contributed by atoms with Gasteiger partial charge in [-0.15, -0.1) is 0 Å². The lowest BCUT2D eigenvalue weighted by Crippen LogP contribution is -2.36. The first-order valence-electron chi connectivity index (χ1n) is 11.3. The summed E-state index contributed by atoms with van der Waals surface area (Å²) in [6.45, 7) is 2.30. The summed E-state index contributed by atoms with van der Waals surface area (Å²) in [5.41, 5.74) is 7.76. The highest BCUT2D eigenvalue weighted by atomic mass is 16.4. The molecule has 31 heavy (non-hydrogen) atoms. The Kier molecular flexibility index (Phi) is 6.61. The molecule has 0 saturated carbocycles. The fourth-order valence-electron chi connectivity index (χ4n) is 4.66. The van der Waals surface area contributed by atoms with Gasteiger partial charge in [0.15, 0.2) is 0 Å². The van der Waals surface area contributed by atoms with E-state index in [1.54, 1.807) is 28.5 Å². The molecule has 0 spiro atoms. The molecule has 1 N–H and O–H groups in total. The number of rotatable bonds is 4. The van der Waals surface area contributed by atoms with Gasteiger partial charge in [-0.25, -0.2) is 9.78 Å². The number of carboxylic acids is 1. The zero-order valence-corrected chi connectivity index (χ0v) is 18.1. The number of nitrogens with zero attached hydrogens (tertiary/aromatic N) is 1. The van der Waals surface area contributed by atoms with Crippen LogP contribution in [0.15, 0.2) is 60.8 Å². The average Bonchev–Trinajstić information content (AvgIpc) is 2.83. The smallest absolute Gasteiger partial charge is 0.354 e. The monoisotopic (exact) mass is 411 g/mol. The number of aromatic nitrogens is 1. The second-order valence-electron chi connectivity index (χ2n) is 8.21. The maximum absolute atomic E-state index is 10.1. The molecule has 158 valence electrons. The number of carbonyl (C=O) groups is 1. The molecule has 5 rings (SSSR count). The minimum Gasteiger partial charge on any atom is -0.477 e. The molecule has 2 aromatic carbocycles. The Morgan fingerprint density at radius 1 is 0.968 bits per heavy atom. The van der Waals surface area contributed by atoms with E-state index in [0.717, 1.165) is 6.42 Å². The first-order chi connectivity index (χ1) is 15.2. The molecule has 0 amide bonds. The molecule has 3 aromatic rings. The summed E-state index contributed by atoms with van der Waals surface area (Å²) in [5.74, 6) is -0.990. The van der Waals surface area contributed by atoms with Gasteiger partial charge in [0, 0.05) is 6.20 Å². The molecule has 0 aliphatic heterocycles. The third-order valence-corrected chi connectivity index (χ3v) is 6.16. The number of hydrogen-bond acceptors (Lipinski definition) is 2. The van der Waals surface area contributed by atoms with Crippen LogP contribution in [0.2, 0.25) is 0 Å². The molecular formula is C28H29NO2. The van der Waals surface area contributed by atoms with E-state index in [1.807, 2.05) is 0 Å². The van der Waals surface area contributed by atoms with Crippen molar-refractivity contribution in [2.75, 3.05) is 0 Å². The molecule has 3 nitrogen and oxygen atoms in total. The van der Waals surface area contributed by atoms with Crippen molar-refractivity contribution in [1.29, 1.82) is 0 Å². The van der Waals surface area contributed by atoms with Gasteiger partial charge in [-0.05, 0) is 83.3 Å². The fraction of sp³-hybridized carbons (Fsp3) is 0.286. The molecule has 2 aliphatic carbocycles. The van der Waals surface area contributed by atoms with Crippen molar-refractivity contribution in [2.24, 2.45) is 0 Å². The Bertz CT molecular complexity index is 1200. The third kappa shape index (κ3) is 4.61. The fourth-order valence-corrected chi connectivity index (χ4v) is 4.66. The number of pyridine rings is 1. The Labute approximate surface area is 183 Å². The molecule has 0 unspecified atom stereocenters. The second-order valence-corrected chi connectivity index (χ2v) is 8.21. The highest BCUT2D eigenvalue weighted by Gasteiger charge is 2.16. The van der Waals surface area contributed by atoms with Gasteiger partial charge in [-0.1, -0.05) is 67.5 Å². The molecule has 1 aromatic heterocycles. The normalized spacial score (nSPS) is 13.6. The highest BCUT2D eigenvalue weighted by molar-refractivity contribution is 5.85. The van der Waals surface area contributed by atoms with Crippen molar-refractivity contribution in [3.8, 4) is 11.1 Å². The molecule has 1 heterocycles. The Morgan fingerprint density at radius 2 is 1.81 bits per heavy atom. The minimum absolute atomic E-state index is 0.0810. The van der Waals surface area contributed by atoms with Crippen LogP contribution in [0.25, 0.3) is 22.8 Å². The lowest BCUT2D eigenvalue weighted by molar-refractivity contribution is 0.0690. The van der Waals surface area contributed by atoms with Crippen LogP contribution in [0.4, 0.5) is 0 Å². The van der Waals surface area contributed by atoms with Gasteiger partial charge in [0.1, 0.15) is 5.69 Å². The third-order valence-electron chi connectivity index (χ3n) is 6.16. The van der Waals surface area contributed by atoms with Crippen molar-refractivity contribution in [3.63, 3.8) is 0 Å². The van der Waals surface area contributed by atoms with Crippen LogP contribution in [0.5, 0.6) is 0 Å². The first kappa shape index (κ1) is 21.0. The van der Waals surface area contributed by atoms with Gasteiger partial charge >= 0.3 is 5.97 Å². The quantitative estimate of drug-likeness (QED) is 0.646. The topological polar surface area (TPSA) is 50.2 Å². The lowest BCUT2D eigenvalue weighted by Gasteiger charge is -2.21. The number of benzene rings is 2. The lowest BCUT2D eigenvalue weighted by atomic mass is 9.83. The van der Waals surface area contributed by atoms with Gasteiger partial charge in [-0.2, -0.15) is 0 Å². The number of aryl methyl sites for hydroxylation is 1. The van der Waals surface area contributed by atoms with E-state index >= 15 is 0 Å². The number of hydrogen-bond donors (Lipinski definition) is 1. The first-order valence-corrected chi connectivity index (χ1v) is 11.3. The highest BCUT2D eigenvalue weighted by Crippen LogP contribution is 2.26. The van der Waals surface area contributed by atoms with Crippen LogP contribution in [0.3, 0.4) is 0 Å². The van der Waals surface area contributed by atoms with Crippen LogP contribution in [-0.4, -0.2) is 16.1 Å². The van der Waals surface area contributed by atoms with Crippen molar-refractivity contribution in [3.05, 3.63) is 88.1 Å². The van der Waals surface area contributed by atoms with Gasteiger partial charge in [0.2, 0.25) is 0 Å². The molecule has 2 aliphatic rings. The number of unbranched alkanes of at least 4 members (excludes halogenated alkanes) is 1. The van der Waals surface area contributed by atoms with Crippen LogP contribution in [-0.2, 0) is 12.8 Å². The van der Waals surface area contributed by atoms with Crippen LogP contribution >= 0.6 is 0 Å². The standard InChI is InChI=1S/C22H24.C6H5NO2/c1-2-3-7-17-9-6-10-18-13-14-20-19-11-5-4-8-16(19)12-15-21(20)22(17)18;8-6(9)5-3-1-2-4-7-5/h4-5,8,11,13-15H,2-3,6-7,9-10,12H2,1H3;1-4H,(H,8,9). The Balaban J connectivity index is 0.000000217. The van der Waals surface area contributed by atoms with Crippen molar-refractivity contribution in [1.82, 2.24) is 4.98 Å². The van der Waals surface area contributed by atoms with Crippen molar-refractivity contribution in [2.45, 2.75) is 51.9 Å². The molecule has 0 radical (unpaired) electrons. The van der Waals surface area contributed by atoms with E-state index < -0.39 is 5.97 Å². The maximum Gasteiger partial charge on any atom is 0.354 e. The maximum atomic E-state index is 10.1. The van der Waals surface area contributed by atoms with Crippen molar-refractivity contribution >= 4 is 17.6 Å². The Morgan fingerprint density at radius 3 is 2.55 bits per heavy atom. The van der Waals surface area contributed by atoms with Gasteiger partial charge in [0.05, 0.1) is 0 Å². The summed E-state index contributed by atoms with van der Waals surface area (Å²) in [6.07, 6.45) is 12.8. The van der Waals surface area contributed by atoms with Gasteiger partial charge in [0.25, 0.3) is 0 Å². The molecule has 3 heteroatoms. The zero-order valence-electron chi connectivity index (χ0n) is 18.1. The minimum atomic E-state index is -0.990. The van der Waals surface area contributed by atoms with Gasteiger partial charge in [-0.3, -0.25) is 0 Å². The summed E-state index contributed by atoms with van der Waals surface area (Å²) in [6, 6.07) is 18.4. The average molecular weight is 412 g/mol. The summed E-state index contributed by atoms with van der Waals surface area (Å²) < 4.78 is 0. The number of fused-ring (bicyclic) bond motifs is 5. The molecule has 0 fully saturated rings.